The van der Waals surface area contributed by atoms with Gasteiger partial charge in [0, 0.05) is 45.0 Å². The van der Waals surface area contributed by atoms with Crippen LogP contribution in [0.15, 0.2) is 53.6 Å². The van der Waals surface area contributed by atoms with Gasteiger partial charge in [-0.15, -0.1) is 0 Å². The first-order chi connectivity index (χ1) is 12.0. The lowest BCUT2D eigenvalue weighted by Crippen LogP contribution is -2.48. The lowest BCUT2D eigenvalue weighted by atomic mass is 10.3. The van der Waals surface area contributed by atoms with Crippen LogP contribution >= 0.6 is 0 Å². The third-order valence-electron chi connectivity index (χ3n) is 4.12. The van der Waals surface area contributed by atoms with Crippen molar-refractivity contribution in [2.45, 2.75) is 11.4 Å². The molecule has 1 fully saturated rings. The van der Waals surface area contributed by atoms with Gasteiger partial charge in [-0.3, -0.25) is 20.0 Å². The maximum atomic E-state index is 12.8. The molecule has 0 spiro atoms. The van der Waals surface area contributed by atoms with Crippen molar-refractivity contribution in [3.63, 3.8) is 0 Å². The molecule has 1 aliphatic heterocycles. The molecular weight excluding hydrogens is 344 g/mol. The minimum atomic E-state index is -3.88. The number of rotatable bonds is 5. The first kappa shape index (κ1) is 17.5. The molecule has 1 aromatic carbocycles. The Morgan fingerprint density at radius 3 is 2.36 bits per heavy atom. The highest BCUT2D eigenvalue weighted by Gasteiger charge is 2.33. The molecule has 0 N–H and O–H groups in total. The molecule has 2 heterocycles. The van der Waals surface area contributed by atoms with Crippen molar-refractivity contribution in [3.8, 4) is 0 Å². The molecule has 1 aromatic heterocycles. The quantitative estimate of drug-likeness (QED) is 0.591. The van der Waals surface area contributed by atoms with E-state index in [1.54, 1.807) is 6.20 Å². The maximum Gasteiger partial charge on any atom is 0.289 e. The van der Waals surface area contributed by atoms with E-state index in [0.29, 0.717) is 32.7 Å². The van der Waals surface area contributed by atoms with Crippen LogP contribution < -0.4 is 0 Å². The Kier molecular flexibility index (Phi) is 5.07. The summed E-state index contributed by atoms with van der Waals surface area (Å²) in [5.41, 5.74) is 0.538. The molecule has 132 valence electrons. The Morgan fingerprint density at radius 1 is 1.04 bits per heavy atom. The summed E-state index contributed by atoms with van der Waals surface area (Å²) < 4.78 is 26.8. The van der Waals surface area contributed by atoms with Crippen molar-refractivity contribution in [2.75, 3.05) is 26.2 Å². The van der Waals surface area contributed by atoms with Gasteiger partial charge in [0.05, 0.1) is 10.6 Å². The summed E-state index contributed by atoms with van der Waals surface area (Å²) in [5.74, 6) is 0. The number of aromatic nitrogens is 1. The van der Waals surface area contributed by atoms with Gasteiger partial charge in [0.25, 0.3) is 5.69 Å². The van der Waals surface area contributed by atoms with Gasteiger partial charge in [0.1, 0.15) is 0 Å². The highest BCUT2D eigenvalue weighted by atomic mass is 32.2. The van der Waals surface area contributed by atoms with E-state index in [2.05, 4.69) is 9.88 Å². The van der Waals surface area contributed by atoms with Crippen molar-refractivity contribution in [3.05, 3.63) is 64.5 Å². The summed E-state index contributed by atoms with van der Waals surface area (Å²) in [6.45, 7) is 2.34. The average molecular weight is 362 g/mol. The smallest absolute Gasteiger partial charge is 0.289 e. The summed E-state index contributed by atoms with van der Waals surface area (Å²) >= 11 is 0. The van der Waals surface area contributed by atoms with Crippen molar-refractivity contribution in [1.82, 2.24) is 14.2 Å². The van der Waals surface area contributed by atoms with Crippen LogP contribution in [0.1, 0.15) is 5.69 Å². The van der Waals surface area contributed by atoms with E-state index in [4.69, 9.17) is 0 Å². The first-order valence-electron chi connectivity index (χ1n) is 7.84. The molecule has 0 bridgehead atoms. The normalized spacial score (nSPS) is 16.6. The lowest BCUT2D eigenvalue weighted by molar-refractivity contribution is -0.387. The summed E-state index contributed by atoms with van der Waals surface area (Å²) in [5, 5.41) is 11.1. The van der Waals surface area contributed by atoms with E-state index in [1.165, 1.54) is 28.6 Å². The number of nitro groups is 1. The third kappa shape index (κ3) is 3.84. The van der Waals surface area contributed by atoms with Crippen LogP contribution in [0.3, 0.4) is 0 Å². The largest absolute Gasteiger partial charge is 0.295 e. The van der Waals surface area contributed by atoms with Gasteiger partial charge in [0.2, 0.25) is 10.0 Å². The van der Waals surface area contributed by atoms with E-state index in [-0.39, 0.29) is 4.90 Å². The van der Waals surface area contributed by atoms with E-state index in [1.807, 2.05) is 18.2 Å². The highest BCUT2D eigenvalue weighted by Crippen LogP contribution is 2.27. The van der Waals surface area contributed by atoms with Crippen LogP contribution in [0, 0.1) is 10.1 Å². The monoisotopic (exact) mass is 362 g/mol. The molecule has 3 rings (SSSR count). The van der Waals surface area contributed by atoms with Gasteiger partial charge in [0.15, 0.2) is 4.90 Å². The predicted octanol–water partition coefficient (Wildman–Crippen LogP) is 1.50. The zero-order valence-electron chi connectivity index (χ0n) is 13.5. The number of piperazine rings is 1. The van der Waals surface area contributed by atoms with Crippen LogP contribution in [0.2, 0.25) is 0 Å². The van der Waals surface area contributed by atoms with E-state index >= 15 is 0 Å². The van der Waals surface area contributed by atoms with Crippen LogP contribution in [-0.4, -0.2) is 53.7 Å². The number of nitrogens with zero attached hydrogens (tertiary/aromatic N) is 4. The number of pyridine rings is 1. The fourth-order valence-corrected chi connectivity index (χ4v) is 4.39. The molecule has 0 amide bonds. The third-order valence-corrected chi connectivity index (χ3v) is 6.07. The van der Waals surface area contributed by atoms with Crippen LogP contribution in [0.5, 0.6) is 0 Å². The topological polar surface area (TPSA) is 96.6 Å². The summed E-state index contributed by atoms with van der Waals surface area (Å²) in [4.78, 5) is 16.6. The Hall–Kier alpha value is -2.36. The Balaban J connectivity index is 1.71. The lowest BCUT2D eigenvalue weighted by Gasteiger charge is -2.33. The van der Waals surface area contributed by atoms with E-state index < -0.39 is 20.6 Å². The van der Waals surface area contributed by atoms with Crippen LogP contribution in [-0.2, 0) is 16.6 Å². The average Bonchev–Trinajstić information content (AvgIpc) is 2.63. The standard InChI is InChI=1S/C16H18N4O4S/c21-20(22)15-6-1-2-7-16(15)25(23,24)19-11-9-18(10-12-19)13-14-5-3-4-8-17-14/h1-8H,9-13H2. The van der Waals surface area contributed by atoms with Gasteiger partial charge in [-0.1, -0.05) is 18.2 Å². The zero-order valence-corrected chi connectivity index (χ0v) is 14.3. The molecule has 25 heavy (non-hydrogen) atoms. The second-order valence-corrected chi connectivity index (χ2v) is 7.63. The van der Waals surface area contributed by atoms with E-state index in [9.17, 15) is 18.5 Å². The number of hydrogen-bond donors (Lipinski definition) is 0. The molecule has 0 radical (unpaired) electrons. The Bertz CT molecular complexity index is 849. The summed E-state index contributed by atoms with van der Waals surface area (Å²) in [6.07, 6.45) is 1.73. The van der Waals surface area contributed by atoms with E-state index in [0.717, 1.165) is 5.69 Å². The number of nitro benzene ring substituents is 1. The minimum absolute atomic E-state index is 0.252. The Labute approximate surface area is 145 Å². The van der Waals surface area contributed by atoms with Crippen molar-refractivity contribution >= 4 is 15.7 Å². The molecule has 1 aliphatic rings. The van der Waals surface area contributed by atoms with Gasteiger partial charge in [-0.25, -0.2) is 8.42 Å². The fourth-order valence-electron chi connectivity index (χ4n) is 2.81. The van der Waals surface area contributed by atoms with Crippen molar-refractivity contribution in [1.29, 1.82) is 0 Å². The number of sulfonamides is 1. The molecule has 0 atom stereocenters. The molecule has 2 aromatic rings. The minimum Gasteiger partial charge on any atom is -0.295 e. The predicted molar refractivity (Wildman–Crippen MR) is 91.4 cm³/mol. The second-order valence-electron chi connectivity index (χ2n) is 5.73. The fraction of sp³-hybridized carbons (Fsp3) is 0.312. The SMILES string of the molecule is O=[N+]([O-])c1ccccc1S(=O)(=O)N1CCN(Cc2ccccn2)CC1. The number of benzene rings is 1. The Morgan fingerprint density at radius 2 is 1.72 bits per heavy atom. The second kappa shape index (κ2) is 7.26. The first-order valence-corrected chi connectivity index (χ1v) is 9.28. The van der Waals surface area contributed by atoms with Gasteiger partial charge >= 0.3 is 0 Å². The molecule has 0 aliphatic carbocycles. The van der Waals surface area contributed by atoms with Crippen molar-refractivity contribution < 1.29 is 13.3 Å². The van der Waals surface area contributed by atoms with Gasteiger partial charge in [-0.05, 0) is 18.2 Å². The zero-order chi connectivity index (χ0) is 17.9. The molecule has 0 saturated carbocycles. The maximum absolute atomic E-state index is 12.8. The van der Waals surface area contributed by atoms with Crippen LogP contribution in [0.4, 0.5) is 5.69 Å². The van der Waals surface area contributed by atoms with Gasteiger partial charge in [-0.2, -0.15) is 4.31 Å². The summed E-state index contributed by atoms with van der Waals surface area (Å²) in [7, 11) is -3.88. The van der Waals surface area contributed by atoms with Crippen molar-refractivity contribution in [2.24, 2.45) is 0 Å². The van der Waals surface area contributed by atoms with Gasteiger partial charge < -0.3 is 0 Å². The molecule has 1 saturated heterocycles. The molecule has 9 heteroatoms. The molecule has 0 unspecified atom stereocenters. The molecule has 8 nitrogen and oxygen atoms in total. The number of para-hydroxylation sites is 1. The van der Waals surface area contributed by atoms with Crippen LogP contribution in [0.25, 0.3) is 0 Å². The molecular formula is C16H18N4O4S. The number of hydrogen-bond acceptors (Lipinski definition) is 6. The highest BCUT2D eigenvalue weighted by molar-refractivity contribution is 7.89. The summed E-state index contributed by atoms with van der Waals surface area (Å²) in [6, 6.07) is 11.1.